The number of carbonyl (C=O) groups excluding carboxylic acids is 1. The molecule has 5 aliphatic rings. The number of nitrogens with zero attached hydrogens (tertiary/aromatic N) is 6. The Balaban J connectivity index is 0.811. The molecule has 69 heavy (non-hydrogen) atoms. The van der Waals surface area contributed by atoms with E-state index in [1.807, 2.05) is 12.1 Å². The standard InChI is InChI=1S/C51H63N9O7S2/c1-34(2)42-8-3-4-9-43(42)45-10-7-21-59(45)39-29-51(30-39)18-22-58(23-19-51)38-15-16-44(47(27-38)67-40-26-36-17-20-52-48(36)54-32-40)50(61)57-69(65,66)41-28-46(60(62)63)49(55-33-41)53-31-35-11-13-37(14-12-35)56-68(64)24-5-6-25-68/h3-4,8-9,15-17,20,26-28,32-35,37,39,45H,5-7,10-14,18-19,21-25,29-31H2,1-2H3,(H,52,54)(H,53,55)(H,57,61). The third-order valence-electron chi connectivity index (χ3n) is 15.5. The topological polar surface area (TPSA) is 205 Å². The van der Waals surface area contributed by atoms with E-state index in [1.165, 1.54) is 43.0 Å². The number of sulfonamides is 1. The van der Waals surface area contributed by atoms with E-state index in [4.69, 9.17) is 9.10 Å². The number of likely N-dealkylation sites (tertiary alicyclic amines) is 1. The van der Waals surface area contributed by atoms with Gasteiger partial charge in [0.25, 0.3) is 15.9 Å². The van der Waals surface area contributed by atoms with Crippen LogP contribution in [0.2, 0.25) is 0 Å². The zero-order valence-electron chi connectivity index (χ0n) is 39.5. The Hall–Kier alpha value is -5.59. The number of pyridine rings is 2. The molecule has 6 heterocycles. The number of amides is 1. The summed E-state index contributed by atoms with van der Waals surface area (Å²) < 4.78 is 53.8. The zero-order chi connectivity index (χ0) is 47.9. The number of aromatic nitrogens is 3. The molecule has 3 aliphatic heterocycles. The lowest BCUT2D eigenvalue weighted by molar-refractivity contribution is -0.384. The Morgan fingerprint density at radius 3 is 2.49 bits per heavy atom. The number of rotatable bonds is 14. The number of nitro groups is 1. The first-order valence-corrected chi connectivity index (χ1v) is 28.1. The number of nitrogens with one attached hydrogen (secondary N) is 3. The van der Waals surface area contributed by atoms with Crippen LogP contribution in [0.1, 0.15) is 124 Å². The maximum Gasteiger partial charge on any atom is 0.312 e. The van der Waals surface area contributed by atoms with Gasteiger partial charge in [-0.25, -0.2) is 31.7 Å². The highest BCUT2D eigenvalue weighted by Crippen LogP contribution is 2.54. The molecule has 1 atom stereocenters. The van der Waals surface area contributed by atoms with E-state index in [-0.39, 0.29) is 29.1 Å². The summed E-state index contributed by atoms with van der Waals surface area (Å²) in [6.07, 6.45) is 16.4. The molecule has 16 nitrogen and oxygen atoms in total. The molecule has 18 heteroatoms. The van der Waals surface area contributed by atoms with Crippen LogP contribution in [0.5, 0.6) is 11.5 Å². The van der Waals surface area contributed by atoms with Crippen molar-refractivity contribution in [2.45, 2.75) is 120 Å². The quantitative estimate of drug-likeness (QED) is 0.0703. The van der Waals surface area contributed by atoms with Crippen molar-refractivity contribution in [1.29, 1.82) is 0 Å². The van der Waals surface area contributed by atoms with Gasteiger partial charge >= 0.3 is 5.69 Å². The molecule has 0 radical (unpaired) electrons. The Bertz CT molecular complexity index is 2950. The maximum absolute atomic E-state index is 14.0. The molecule has 0 bridgehead atoms. The molecule has 1 amide bonds. The Labute approximate surface area is 404 Å². The third-order valence-corrected chi connectivity index (χ3v) is 19.4. The summed E-state index contributed by atoms with van der Waals surface area (Å²) in [5.74, 6) is 1.52. The van der Waals surface area contributed by atoms with Crippen LogP contribution in [0.15, 0.2) is 88.5 Å². The van der Waals surface area contributed by atoms with Crippen molar-refractivity contribution in [3.05, 3.63) is 106 Å². The minimum atomic E-state index is -4.64. The highest BCUT2D eigenvalue weighted by atomic mass is 32.2. The summed E-state index contributed by atoms with van der Waals surface area (Å²) in [5, 5.41) is 16.1. The average Bonchev–Trinajstić information content (AvgIpc) is 4.12. The molecule has 5 aromatic rings. The van der Waals surface area contributed by atoms with E-state index in [2.05, 4.69) is 72.9 Å². The number of aromatic amines is 1. The first kappa shape index (κ1) is 47.1. The predicted octanol–water partition coefficient (Wildman–Crippen LogP) is 9.72. The summed E-state index contributed by atoms with van der Waals surface area (Å²) in [6.45, 7) is 7.79. The molecule has 5 fully saturated rings. The minimum absolute atomic E-state index is 0.0376. The van der Waals surface area contributed by atoms with Gasteiger partial charge in [0.1, 0.15) is 22.0 Å². The van der Waals surface area contributed by atoms with Gasteiger partial charge in [0.05, 0.1) is 28.9 Å². The van der Waals surface area contributed by atoms with Gasteiger partial charge in [0.2, 0.25) is 5.82 Å². The van der Waals surface area contributed by atoms with Crippen molar-refractivity contribution in [3.63, 3.8) is 0 Å². The number of carbonyl (C=O) groups is 1. The first-order chi connectivity index (χ1) is 33.2. The zero-order valence-corrected chi connectivity index (χ0v) is 41.1. The van der Waals surface area contributed by atoms with Gasteiger partial charge in [-0.2, -0.15) is 0 Å². The van der Waals surface area contributed by atoms with Crippen LogP contribution in [0.3, 0.4) is 0 Å². The summed E-state index contributed by atoms with van der Waals surface area (Å²) in [4.78, 5) is 41.9. The molecule has 3 aromatic heterocycles. The predicted molar refractivity (Wildman–Crippen MR) is 268 cm³/mol. The second kappa shape index (κ2) is 19.3. The summed E-state index contributed by atoms with van der Waals surface area (Å²) in [7, 11) is -6.72. The number of fused-ring (bicyclic) bond motifs is 1. The van der Waals surface area contributed by atoms with Gasteiger partial charge in [-0.15, -0.1) is 0 Å². The fourth-order valence-electron chi connectivity index (χ4n) is 11.7. The van der Waals surface area contributed by atoms with Gasteiger partial charge < -0.3 is 19.9 Å². The van der Waals surface area contributed by atoms with Gasteiger partial charge in [0.15, 0.2) is 0 Å². The lowest BCUT2D eigenvalue weighted by Crippen LogP contribution is -2.54. The molecule has 2 aromatic carbocycles. The van der Waals surface area contributed by atoms with E-state index in [1.54, 1.807) is 24.4 Å². The van der Waals surface area contributed by atoms with Crippen molar-refractivity contribution < 1.29 is 27.1 Å². The summed E-state index contributed by atoms with van der Waals surface area (Å²) in [6, 6.07) is 19.8. The minimum Gasteiger partial charge on any atom is -0.455 e. The third kappa shape index (κ3) is 10.1. The van der Waals surface area contributed by atoms with Crippen molar-refractivity contribution >= 4 is 53.9 Å². The normalized spacial score (nSPS) is 22.7. The second-order valence-corrected chi connectivity index (χ2v) is 24.6. The maximum atomic E-state index is 14.0. The van der Waals surface area contributed by atoms with Crippen LogP contribution in [0, 0.1) is 21.4 Å². The van der Waals surface area contributed by atoms with E-state index < -0.39 is 41.2 Å². The highest BCUT2D eigenvalue weighted by Gasteiger charge is 2.50. The van der Waals surface area contributed by atoms with Crippen LogP contribution < -0.4 is 19.7 Å². The van der Waals surface area contributed by atoms with E-state index in [0.717, 1.165) is 94.3 Å². The molecular formula is C51H63N9O7S2. The van der Waals surface area contributed by atoms with Crippen molar-refractivity contribution in [3.8, 4) is 11.5 Å². The second-order valence-electron chi connectivity index (χ2n) is 20.4. The number of H-pyrrole nitrogens is 1. The SMILES string of the molecule is CC(C)c1ccccc1C1CCCN1C1CC2(CCN(c3ccc(C(=O)NS(=O)(=O)c4cnc(NCC5CCC(N=S6(=O)CCCC6)CC5)c([N+](=O)[O-])c4)c(Oc4cnc5[nH]ccc5c4)c3)CC2)C1. The van der Waals surface area contributed by atoms with Gasteiger partial charge in [-0.05, 0) is 136 Å². The van der Waals surface area contributed by atoms with Crippen LogP contribution in [0.4, 0.5) is 17.2 Å². The highest BCUT2D eigenvalue weighted by molar-refractivity contribution is 7.93. The lowest BCUT2D eigenvalue weighted by atomic mass is 9.59. The van der Waals surface area contributed by atoms with E-state index in [0.29, 0.717) is 52.9 Å². The van der Waals surface area contributed by atoms with Crippen LogP contribution in [0.25, 0.3) is 11.0 Å². The average molecular weight is 978 g/mol. The van der Waals surface area contributed by atoms with Gasteiger partial charge in [-0.3, -0.25) is 19.8 Å². The van der Waals surface area contributed by atoms with Crippen LogP contribution >= 0.6 is 0 Å². The van der Waals surface area contributed by atoms with E-state index >= 15 is 0 Å². The number of benzene rings is 2. The number of hydrogen-bond donors (Lipinski definition) is 3. The molecule has 3 saturated heterocycles. The molecule has 366 valence electrons. The molecule has 2 saturated carbocycles. The number of hydrogen-bond acceptors (Lipinski definition) is 13. The molecular weight excluding hydrogens is 915 g/mol. The van der Waals surface area contributed by atoms with E-state index in [9.17, 15) is 27.5 Å². The number of ether oxygens (including phenoxy) is 1. The molecule has 2 aliphatic carbocycles. The molecule has 1 unspecified atom stereocenters. The largest absolute Gasteiger partial charge is 0.455 e. The Morgan fingerprint density at radius 2 is 1.74 bits per heavy atom. The van der Waals surface area contributed by atoms with Crippen molar-refractivity contribution in [1.82, 2.24) is 24.6 Å². The van der Waals surface area contributed by atoms with Crippen molar-refractivity contribution in [2.75, 3.05) is 47.9 Å². The number of piperidine rings is 1. The van der Waals surface area contributed by atoms with Crippen LogP contribution in [-0.2, 0) is 19.8 Å². The van der Waals surface area contributed by atoms with Gasteiger partial charge in [-0.1, -0.05) is 38.1 Å². The van der Waals surface area contributed by atoms with Crippen LogP contribution in [-0.4, -0.2) is 93.1 Å². The first-order valence-electron chi connectivity index (χ1n) is 24.8. The fraction of sp³-hybridized carbons (Fsp3) is 0.510. The molecule has 3 N–H and O–H groups in total. The fourth-order valence-corrected chi connectivity index (χ4v) is 15.1. The Morgan fingerprint density at radius 1 is 0.971 bits per heavy atom. The Kier molecular flexibility index (Phi) is 13.2. The van der Waals surface area contributed by atoms with Gasteiger partial charge in [0, 0.05) is 82.4 Å². The smallest absolute Gasteiger partial charge is 0.312 e. The summed E-state index contributed by atoms with van der Waals surface area (Å²) in [5.41, 5.74) is 4.20. The molecule has 10 rings (SSSR count). The molecule has 1 spiro atoms. The van der Waals surface area contributed by atoms with Crippen molar-refractivity contribution in [2.24, 2.45) is 15.7 Å². The number of anilines is 2. The lowest BCUT2D eigenvalue weighted by Gasteiger charge is -2.56. The monoisotopic (exact) mass is 977 g/mol. The summed E-state index contributed by atoms with van der Waals surface area (Å²) >= 11 is 0.